The summed E-state index contributed by atoms with van der Waals surface area (Å²) in [6, 6.07) is 0.297. The van der Waals surface area contributed by atoms with E-state index in [-0.39, 0.29) is 6.03 Å². The maximum atomic E-state index is 11.9. The number of carbonyl (C=O) groups excluding carboxylic acids is 1. The third kappa shape index (κ3) is 6.28. The summed E-state index contributed by atoms with van der Waals surface area (Å²) in [5, 5.41) is 5.87. The summed E-state index contributed by atoms with van der Waals surface area (Å²) in [7, 11) is 4.25. The summed E-state index contributed by atoms with van der Waals surface area (Å²) in [5.74, 6) is 0.649. The van der Waals surface area contributed by atoms with Crippen LogP contribution in [0.1, 0.15) is 32.6 Å². The number of rotatable bonds is 6. The van der Waals surface area contributed by atoms with Gasteiger partial charge in [-0.05, 0) is 32.9 Å². The van der Waals surface area contributed by atoms with Crippen molar-refractivity contribution in [3.63, 3.8) is 0 Å². The number of urea groups is 1. The van der Waals surface area contributed by atoms with Gasteiger partial charge in [-0.15, -0.1) is 0 Å². The fraction of sp³-hybridized carbons (Fsp3) is 0.941. The average Bonchev–Trinajstić information content (AvgIpc) is 2.54. The standard InChI is InChI=1S/C17H34N4O2/c1-14-6-4-5-7-16(14)23-11-8-18-17(22)19-12-15-13-20(2)9-10-21(15)3/h14-16H,4-13H2,1-3H3,(H2,18,19,22)/t14-,15-,16-/m1/s1. The van der Waals surface area contributed by atoms with Gasteiger partial charge in [-0.1, -0.05) is 19.8 Å². The van der Waals surface area contributed by atoms with Crippen molar-refractivity contribution in [3.05, 3.63) is 0 Å². The molecule has 0 unspecified atom stereocenters. The molecule has 2 aliphatic rings. The predicted octanol–water partition coefficient (Wildman–Crippen LogP) is 1.13. The van der Waals surface area contributed by atoms with Gasteiger partial charge in [0, 0.05) is 38.8 Å². The Morgan fingerprint density at radius 2 is 1.96 bits per heavy atom. The van der Waals surface area contributed by atoms with Gasteiger partial charge in [0.1, 0.15) is 0 Å². The second-order valence-electron chi connectivity index (χ2n) is 7.20. The normalized spacial score (nSPS) is 30.1. The minimum Gasteiger partial charge on any atom is -0.376 e. The van der Waals surface area contributed by atoms with Gasteiger partial charge in [0.15, 0.2) is 0 Å². The van der Waals surface area contributed by atoms with Gasteiger partial charge >= 0.3 is 6.03 Å². The number of likely N-dealkylation sites (N-methyl/N-ethyl adjacent to an activating group) is 2. The summed E-state index contributed by atoms with van der Waals surface area (Å²) >= 11 is 0. The SMILES string of the molecule is C[C@@H]1CCCC[C@H]1OCCNC(=O)NC[C@@H]1CN(C)CCN1C. The number of carbonyl (C=O) groups is 1. The first-order valence-electron chi connectivity index (χ1n) is 9.08. The lowest BCUT2D eigenvalue weighted by atomic mass is 9.88. The minimum absolute atomic E-state index is 0.0908. The number of nitrogens with one attached hydrogen (secondary N) is 2. The van der Waals surface area contributed by atoms with E-state index in [1.54, 1.807) is 0 Å². The summed E-state index contributed by atoms with van der Waals surface area (Å²) in [6.07, 6.45) is 5.40. The van der Waals surface area contributed by atoms with E-state index in [0.717, 1.165) is 26.1 Å². The third-order valence-corrected chi connectivity index (χ3v) is 5.23. The van der Waals surface area contributed by atoms with Gasteiger partial charge in [-0.2, -0.15) is 0 Å². The Morgan fingerprint density at radius 1 is 1.17 bits per heavy atom. The first-order chi connectivity index (χ1) is 11.1. The molecule has 1 heterocycles. The lowest BCUT2D eigenvalue weighted by Gasteiger charge is -2.37. The molecule has 1 saturated carbocycles. The van der Waals surface area contributed by atoms with Crippen molar-refractivity contribution >= 4 is 6.03 Å². The van der Waals surface area contributed by atoms with Crippen molar-refractivity contribution in [1.82, 2.24) is 20.4 Å². The Morgan fingerprint density at radius 3 is 2.74 bits per heavy atom. The fourth-order valence-electron chi connectivity index (χ4n) is 3.50. The first kappa shape index (κ1) is 18.5. The van der Waals surface area contributed by atoms with E-state index in [1.807, 2.05) is 0 Å². The van der Waals surface area contributed by atoms with E-state index < -0.39 is 0 Å². The Bertz CT molecular complexity index is 367. The summed E-state index contributed by atoms with van der Waals surface area (Å²) in [4.78, 5) is 16.5. The Labute approximate surface area is 140 Å². The van der Waals surface area contributed by atoms with Crippen LogP contribution >= 0.6 is 0 Å². The molecule has 134 valence electrons. The number of hydrogen-bond donors (Lipinski definition) is 2. The van der Waals surface area contributed by atoms with E-state index in [1.165, 1.54) is 19.3 Å². The highest BCUT2D eigenvalue weighted by Gasteiger charge is 2.23. The largest absolute Gasteiger partial charge is 0.376 e. The summed E-state index contributed by atoms with van der Waals surface area (Å²) in [6.45, 7) is 7.28. The molecule has 0 bridgehead atoms. The molecule has 23 heavy (non-hydrogen) atoms. The van der Waals surface area contributed by atoms with Crippen LogP contribution in [0.15, 0.2) is 0 Å². The lowest BCUT2D eigenvalue weighted by molar-refractivity contribution is -0.00244. The highest BCUT2D eigenvalue weighted by molar-refractivity contribution is 5.73. The number of ether oxygens (including phenoxy) is 1. The molecular weight excluding hydrogens is 292 g/mol. The molecule has 6 heteroatoms. The van der Waals surface area contributed by atoms with E-state index in [2.05, 4.69) is 41.5 Å². The van der Waals surface area contributed by atoms with Crippen molar-refractivity contribution in [2.45, 2.75) is 44.8 Å². The first-order valence-corrected chi connectivity index (χ1v) is 9.08. The van der Waals surface area contributed by atoms with Crippen molar-refractivity contribution in [2.24, 2.45) is 5.92 Å². The smallest absolute Gasteiger partial charge is 0.314 e. The Hall–Kier alpha value is -0.850. The Balaban J connectivity index is 1.54. The maximum absolute atomic E-state index is 11.9. The number of hydrogen-bond acceptors (Lipinski definition) is 4. The van der Waals surface area contributed by atoms with Crippen LogP contribution in [0.4, 0.5) is 4.79 Å². The second-order valence-corrected chi connectivity index (χ2v) is 7.20. The van der Waals surface area contributed by atoms with Crippen LogP contribution in [0.5, 0.6) is 0 Å². The van der Waals surface area contributed by atoms with Crippen LogP contribution in [0, 0.1) is 5.92 Å². The van der Waals surface area contributed by atoms with Crippen LogP contribution in [0.2, 0.25) is 0 Å². The average molecular weight is 326 g/mol. The molecule has 2 N–H and O–H groups in total. The highest BCUT2D eigenvalue weighted by Crippen LogP contribution is 2.25. The molecule has 0 radical (unpaired) electrons. The van der Waals surface area contributed by atoms with Crippen molar-refractivity contribution < 1.29 is 9.53 Å². The van der Waals surface area contributed by atoms with Crippen LogP contribution in [0.3, 0.4) is 0 Å². The molecule has 2 fully saturated rings. The molecule has 0 spiro atoms. The van der Waals surface area contributed by atoms with Crippen molar-refractivity contribution in [3.8, 4) is 0 Å². The monoisotopic (exact) mass is 326 g/mol. The van der Waals surface area contributed by atoms with Gasteiger partial charge in [0.25, 0.3) is 0 Å². The third-order valence-electron chi connectivity index (χ3n) is 5.23. The molecule has 6 nitrogen and oxygen atoms in total. The number of piperazine rings is 1. The van der Waals surface area contributed by atoms with E-state index in [4.69, 9.17) is 4.74 Å². The van der Waals surface area contributed by atoms with Gasteiger partial charge in [-0.3, -0.25) is 4.90 Å². The quantitative estimate of drug-likeness (QED) is 0.719. The molecule has 0 aromatic heterocycles. The molecular formula is C17H34N4O2. The second kappa shape index (κ2) is 9.45. The highest BCUT2D eigenvalue weighted by atomic mass is 16.5. The zero-order chi connectivity index (χ0) is 16.7. The molecule has 1 aliphatic heterocycles. The van der Waals surface area contributed by atoms with Gasteiger partial charge < -0.3 is 20.3 Å². The number of amides is 2. The summed E-state index contributed by atoms with van der Waals surface area (Å²) in [5.41, 5.74) is 0. The van der Waals surface area contributed by atoms with Crippen LogP contribution in [0.25, 0.3) is 0 Å². The maximum Gasteiger partial charge on any atom is 0.314 e. The van der Waals surface area contributed by atoms with Gasteiger partial charge in [0.05, 0.1) is 12.7 Å². The van der Waals surface area contributed by atoms with Crippen LogP contribution in [-0.4, -0.2) is 81.4 Å². The van der Waals surface area contributed by atoms with E-state index >= 15 is 0 Å². The fourth-order valence-corrected chi connectivity index (χ4v) is 3.50. The molecule has 1 aliphatic carbocycles. The van der Waals surface area contributed by atoms with Crippen molar-refractivity contribution in [1.29, 1.82) is 0 Å². The predicted molar refractivity (Wildman–Crippen MR) is 92.7 cm³/mol. The van der Waals surface area contributed by atoms with Gasteiger partial charge in [0.2, 0.25) is 0 Å². The van der Waals surface area contributed by atoms with E-state index in [0.29, 0.717) is 37.8 Å². The molecule has 0 aromatic carbocycles. The zero-order valence-corrected chi connectivity index (χ0v) is 15.0. The topological polar surface area (TPSA) is 56.8 Å². The van der Waals surface area contributed by atoms with Gasteiger partial charge in [-0.25, -0.2) is 4.79 Å². The molecule has 0 aromatic rings. The molecule has 3 atom stereocenters. The molecule has 2 rings (SSSR count). The molecule has 2 amide bonds. The Kier molecular flexibility index (Phi) is 7.59. The molecule has 1 saturated heterocycles. The van der Waals surface area contributed by atoms with Crippen LogP contribution < -0.4 is 10.6 Å². The lowest BCUT2D eigenvalue weighted by Crippen LogP contribution is -2.55. The minimum atomic E-state index is -0.0908. The number of nitrogens with zero attached hydrogens (tertiary/aromatic N) is 2. The van der Waals surface area contributed by atoms with E-state index in [9.17, 15) is 4.79 Å². The zero-order valence-electron chi connectivity index (χ0n) is 15.0. The van der Waals surface area contributed by atoms with Crippen LogP contribution in [-0.2, 0) is 4.74 Å². The van der Waals surface area contributed by atoms with Crippen molar-refractivity contribution in [2.75, 3.05) is 53.4 Å². The summed E-state index contributed by atoms with van der Waals surface area (Å²) < 4.78 is 5.91.